The highest BCUT2D eigenvalue weighted by molar-refractivity contribution is 6.89. The molecule has 2 nitrogen and oxygen atoms in total. The highest BCUT2D eigenvalue weighted by atomic mass is 28.3. The van der Waals surface area contributed by atoms with Crippen LogP contribution >= 0.6 is 0 Å². The number of anilines is 6. The van der Waals surface area contributed by atoms with Crippen molar-refractivity contribution in [1.29, 1.82) is 0 Å². The first-order chi connectivity index (χ1) is 33.3. The van der Waals surface area contributed by atoms with Crippen molar-refractivity contribution in [3.05, 3.63) is 270 Å². The molecular weight excluding hydrogens is 837 g/mol. The maximum absolute atomic E-state index is 2.53. The minimum Gasteiger partial charge on any atom is -0.311 e. The molecule has 1 aliphatic rings. The van der Waals surface area contributed by atoms with E-state index in [9.17, 15) is 0 Å². The van der Waals surface area contributed by atoms with Gasteiger partial charge in [0.05, 0.1) is 13.5 Å². The van der Waals surface area contributed by atoms with Gasteiger partial charge in [-0.2, -0.15) is 0 Å². The standard InChI is InChI=1S/C65H52N2Si/c1-45-23-17-20-34-60(45)66(50-28-13-7-14-29-50)53-39-40-56-57(44-53)54-32-18-19-33-55(54)63-58-42-46-37-38-52(67(51-30-15-8-16-31-51)61-35-21-22-36-62(61)68(2,3)4)41-47(46)43-59(58)65(64(56)63,48-24-9-5-10-25-48)49-26-11-6-12-27-49/h5-44H,1-4H3. The lowest BCUT2D eigenvalue weighted by Gasteiger charge is -2.35. The van der Waals surface area contributed by atoms with E-state index in [4.69, 9.17) is 0 Å². The fraction of sp³-hybridized carbons (Fsp3) is 0.0769. The SMILES string of the molecule is Cc1ccccc1N(c1ccccc1)c1ccc2c3c(c4ccccc4c2c1)-c1cc2ccc(N(c4ccccc4)c4ccccc4[Si](C)(C)C)cc2cc1C3(c1ccccc1)c1ccccc1. The van der Waals surface area contributed by atoms with Gasteiger partial charge in [-0.1, -0.05) is 189 Å². The summed E-state index contributed by atoms with van der Waals surface area (Å²) in [5.41, 5.74) is 15.3. The molecule has 0 aliphatic heterocycles. The molecule has 12 rings (SSSR count). The van der Waals surface area contributed by atoms with E-state index in [-0.39, 0.29) is 0 Å². The third-order valence-electron chi connectivity index (χ3n) is 14.3. The molecule has 0 amide bonds. The van der Waals surface area contributed by atoms with Gasteiger partial charge in [0.1, 0.15) is 0 Å². The molecule has 0 saturated carbocycles. The summed E-state index contributed by atoms with van der Waals surface area (Å²) in [6, 6.07) is 90.4. The Hall–Kier alpha value is -7.98. The van der Waals surface area contributed by atoms with E-state index in [2.05, 4.69) is 279 Å². The largest absolute Gasteiger partial charge is 0.311 e. The molecule has 0 unspecified atom stereocenters. The fourth-order valence-corrected chi connectivity index (χ4v) is 12.9. The van der Waals surface area contributed by atoms with E-state index in [0.717, 1.165) is 22.7 Å². The van der Waals surface area contributed by atoms with Crippen LogP contribution in [0, 0.1) is 6.92 Å². The van der Waals surface area contributed by atoms with Crippen molar-refractivity contribution in [2.24, 2.45) is 0 Å². The van der Waals surface area contributed by atoms with Gasteiger partial charge in [0, 0.05) is 34.1 Å². The van der Waals surface area contributed by atoms with Crippen molar-refractivity contribution in [2.75, 3.05) is 9.80 Å². The number of hydrogen-bond acceptors (Lipinski definition) is 2. The summed E-state index contributed by atoms with van der Waals surface area (Å²) in [7, 11) is -1.74. The summed E-state index contributed by atoms with van der Waals surface area (Å²) in [4.78, 5) is 4.89. The topological polar surface area (TPSA) is 6.48 Å². The summed E-state index contributed by atoms with van der Waals surface area (Å²) < 4.78 is 0. The molecule has 0 bridgehead atoms. The van der Waals surface area contributed by atoms with Gasteiger partial charge in [-0.05, 0) is 156 Å². The average Bonchev–Trinajstić information content (AvgIpc) is 3.68. The molecular formula is C65H52N2Si. The molecule has 3 heteroatoms. The Morgan fingerprint density at radius 1 is 0.368 bits per heavy atom. The van der Waals surface area contributed by atoms with Gasteiger partial charge in [-0.3, -0.25) is 0 Å². The fourth-order valence-electron chi connectivity index (χ4n) is 11.3. The number of nitrogens with zero attached hydrogens (tertiary/aromatic N) is 2. The van der Waals surface area contributed by atoms with Gasteiger partial charge in [-0.15, -0.1) is 0 Å². The number of fused-ring (bicyclic) bond motifs is 9. The highest BCUT2D eigenvalue weighted by Crippen LogP contribution is 2.61. The van der Waals surface area contributed by atoms with Crippen LogP contribution in [0.3, 0.4) is 0 Å². The molecule has 0 saturated heterocycles. The first-order valence-corrected chi connectivity index (χ1v) is 27.3. The second-order valence-corrected chi connectivity index (χ2v) is 24.4. The number of aryl methyl sites for hydroxylation is 1. The predicted octanol–water partition coefficient (Wildman–Crippen LogP) is 17.3. The Bertz CT molecular complexity index is 3630. The second kappa shape index (κ2) is 16.4. The zero-order valence-corrected chi connectivity index (χ0v) is 40.0. The summed E-state index contributed by atoms with van der Waals surface area (Å²) >= 11 is 0. The highest BCUT2D eigenvalue weighted by Gasteiger charge is 2.48. The lowest BCUT2D eigenvalue weighted by atomic mass is 9.66. The summed E-state index contributed by atoms with van der Waals surface area (Å²) in [5.74, 6) is 0. The van der Waals surface area contributed by atoms with Gasteiger partial charge in [-0.25, -0.2) is 0 Å². The number of para-hydroxylation sites is 4. The molecule has 0 fully saturated rings. The van der Waals surface area contributed by atoms with Crippen LogP contribution in [0.25, 0.3) is 43.4 Å². The first-order valence-electron chi connectivity index (χ1n) is 23.8. The number of rotatable bonds is 9. The van der Waals surface area contributed by atoms with Crippen molar-refractivity contribution in [3.63, 3.8) is 0 Å². The van der Waals surface area contributed by atoms with Crippen molar-refractivity contribution in [1.82, 2.24) is 0 Å². The molecule has 68 heavy (non-hydrogen) atoms. The number of hydrogen-bond donors (Lipinski definition) is 0. The quantitative estimate of drug-likeness (QED) is 0.105. The van der Waals surface area contributed by atoms with Crippen molar-refractivity contribution in [3.8, 4) is 11.1 Å². The average molecular weight is 889 g/mol. The van der Waals surface area contributed by atoms with Crippen LogP contribution in [0.15, 0.2) is 243 Å². The molecule has 0 heterocycles. The molecule has 11 aromatic rings. The van der Waals surface area contributed by atoms with Crippen LogP contribution in [0.5, 0.6) is 0 Å². The van der Waals surface area contributed by atoms with Gasteiger partial charge in [0.25, 0.3) is 0 Å². The first kappa shape index (κ1) is 41.4. The van der Waals surface area contributed by atoms with E-state index in [1.807, 2.05) is 0 Å². The molecule has 0 spiro atoms. The third-order valence-corrected chi connectivity index (χ3v) is 16.3. The number of benzene rings is 11. The van der Waals surface area contributed by atoms with E-state index >= 15 is 0 Å². The Morgan fingerprint density at radius 3 is 1.51 bits per heavy atom. The normalized spacial score (nSPS) is 12.8. The minimum absolute atomic E-state index is 0.639. The van der Waals surface area contributed by atoms with E-state index in [1.54, 1.807) is 0 Å². The Labute approximate surface area is 401 Å². The minimum atomic E-state index is -1.74. The smallest absolute Gasteiger partial charge is 0.0803 e. The van der Waals surface area contributed by atoms with Gasteiger partial charge in [0.15, 0.2) is 0 Å². The summed E-state index contributed by atoms with van der Waals surface area (Å²) in [6.45, 7) is 9.54. The van der Waals surface area contributed by atoms with E-state index < -0.39 is 13.5 Å². The molecule has 11 aromatic carbocycles. The maximum Gasteiger partial charge on any atom is 0.0803 e. The van der Waals surface area contributed by atoms with Crippen molar-refractivity contribution in [2.45, 2.75) is 32.0 Å². The molecule has 0 aromatic heterocycles. The van der Waals surface area contributed by atoms with Crippen LogP contribution in [0.1, 0.15) is 27.8 Å². The third kappa shape index (κ3) is 6.60. The van der Waals surface area contributed by atoms with Gasteiger partial charge in [0.2, 0.25) is 0 Å². The summed E-state index contributed by atoms with van der Waals surface area (Å²) in [6.07, 6.45) is 0. The van der Waals surface area contributed by atoms with Crippen LogP contribution in [0.4, 0.5) is 34.1 Å². The zero-order valence-electron chi connectivity index (χ0n) is 39.0. The Balaban J connectivity index is 1.17. The molecule has 0 N–H and O–H groups in total. The lowest BCUT2D eigenvalue weighted by Crippen LogP contribution is -2.40. The van der Waals surface area contributed by atoms with Crippen molar-refractivity contribution < 1.29 is 0 Å². The van der Waals surface area contributed by atoms with E-state index in [1.165, 1.54) is 87.8 Å². The molecule has 1 aliphatic carbocycles. The molecule has 0 radical (unpaired) electrons. The maximum atomic E-state index is 2.53. The Kier molecular flexibility index (Phi) is 10.0. The van der Waals surface area contributed by atoms with Gasteiger partial charge < -0.3 is 9.80 Å². The zero-order chi connectivity index (χ0) is 46.0. The van der Waals surface area contributed by atoms with Crippen LogP contribution in [-0.4, -0.2) is 8.07 Å². The molecule has 0 atom stereocenters. The van der Waals surface area contributed by atoms with Crippen LogP contribution < -0.4 is 15.0 Å². The van der Waals surface area contributed by atoms with E-state index in [0.29, 0.717) is 0 Å². The van der Waals surface area contributed by atoms with Crippen molar-refractivity contribution >= 4 is 79.7 Å². The Morgan fingerprint density at radius 2 is 0.882 bits per heavy atom. The monoisotopic (exact) mass is 888 g/mol. The second-order valence-electron chi connectivity index (χ2n) is 19.3. The van der Waals surface area contributed by atoms with Crippen LogP contribution in [0.2, 0.25) is 19.6 Å². The lowest BCUT2D eigenvalue weighted by molar-refractivity contribution is 0.777. The molecule has 326 valence electrons. The summed E-state index contributed by atoms with van der Waals surface area (Å²) in [5, 5.41) is 8.88. The van der Waals surface area contributed by atoms with Crippen LogP contribution in [-0.2, 0) is 5.41 Å². The predicted molar refractivity (Wildman–Crippen MR) is 293 cm³/mol. The van der Waals surface area contributed by atoms with Gasteiger partial charge >= 0.3 is 0 Å².